The molecule has 3 heteroatoms. The van der Waals surface area contributed by atoms with E-state index in [0.717, 1.165) is 6.42 Å². The van der Waals surface area contributed by atoms with Crippen molar-refractivity contribution in [2.24, 2.45) is 0 Å². The van der Waals surface area contributed by atoms with Crippen molar-refractivity contribution in [2.45, 2.75) is 20.3 Å². The van der Waals surface area contributed by atoms with Gasteiger partial charge in [-0.1, -0.05) is 36.2 Å². The van der Waals surface area contributed by atoms with Gasteiger partial charge in [-0.2, -0.15) is 42.0 Å². The van der Waals surface area contributed by atoms with E-state index < -0.39 is 0 Å². The fraction of sp³-hybridized carbons (Fsp3) is 0.150. The molecule has 0 heterocycles. The number of benzene rings is 2. The number of halogens is 2. The van der Waals surface area contributed by atoms with Gasteiger partial charge in [0, 0.05) is 0 Å². The predicted molar refractivity (Wildman–Crippen MR) is 85.0 cm³/mol. The van der Waals surface area contributed by atoms with E-state index in [0.29, 0.717) is 0 Å². The Balaban J connectivity index is 0.000000529. The molecule has 3 aromatic carbocycles. The first-order valence-corrected chi connectivity index (χ1v) is 7.02. The van der Waals surface area contributed by atoms with Gasteiger partial charge in [0.2, 0.25) is 0 Å². The van der Waals surface area contributed by atoms with Crippen LogP contribution in [0, 0.1) is 19.9 Å². The Morgan fingerprint density at radius 2 is 1.57 bits per heavy atom. The summed E-state index contributed by atoms with van der Waals surface area (Å²) in [6.07, 6.45) is 1.05. The maximum absolute atomic E-state index is 3.45. The zero-order valence-electron chi connectivity index (χ0n) is 13.2. The van der Waals surface area contributed by atoms with E-state index in [9.17, 15) is 0 Å². The first-order chi connectivity index (χ1) is 9.74. The van der Waals surface area contributed by atoms with Gasteiger partial charge in [0.05, 0.1) is 0 Å². The molecule has 0 amide bonds. The third kappa shape index (κ3) is 5.38. The molecule has 0 fully saturated rings. The van der Waals surface area contributed by atoms with Crippen molar-refractivity contribution >= 4 is 0 Å². The third-order valence-corrected chi connectivity index (χ3v) is 3.65. The van der Waals surface area contributed by atoms with Crippen molar-refractivity contribution in [1.82, 2.24) is 0 Å². The number of aryl methyl sites for hydroxylation is 2. The van der Waals surface area contributed by atoms with Crippen LogP contribution in [0.4, 0.5) is 0 Å². The molecule has 3 aromatic rings. The Hall–Kier alpha value is -0.747. The fourth-order valence-corrected chi connectivity index (χ4v) is 2.69. The van der Waals surface area contributed by atoms with Gasteiger partial charge in [-0.25, -0.2) is 12.1 Å². The molecule has 1 aliphatic rings. The molecule has 0 N–H and O–H groups in total. The summed E-state index contributed by atoms with van der Waals surface area (Å²) in [5, 5.41) is 0. The van der Waals surface area contributed by atoms with Crippen molar-refractivity contribution < 1.29 is 51.0 Å². The summed E-state index contributed by atoms with van der Waals surface area (Å²) < 4.78 is 0. The van der Waals surface area contributed by atoms with E-state index in [1.165, 1.54) is 33.4 Å². The van der Waals surface area contributed by atoms with Gasteiger partial charge in [0.15, 0.2) is 0 Å². The molecular formula is C20H18Cl2Zr. The monoisotopic (exact) mass is 418 g/mol. The minimum atomic E-state index is 0. The van der Waals surface area contributed by atoms with E-state index in [2.05, 4.69) is 50.2 Å². The van der Waals surface area contributed by atoms with Gasteiger partial charge in [-0.05, 0) is 18.9 Å². The van der Waals surface area contributed by atoms with Crippen LogP contribution in [0.15, 0.2) is 60.7 Å². The maximum atomic E-state index is 3.45. The van der Waals surface area contributed by atoms with Gasteiger partial charge >= 0.3 is 26.2 Å². The average Bonchev–Trinajstić information content (AvgIpc) is 3.08. The molecular weight excluding hydrogens is 402 g/mol. The van der Waals surface area contributed by atoms with Crippen LogP contribution in [0.1, 0.15) is 22.3 Å². The topological polar surface area (TPSA) is 0 Å². The first-order valence-electron chi connectivity index (χ1n) is 7.02. The largest absolute Gasteiger partial charge is 4.00 e. The molecule has 0 radical (unpaired) electrons. The second-order valence-electron chi connectivity index (χ2n) is 5.33. The number of hydrogen-bond acceptors (Lipinski definition) is 0. The predicted octanol–water partition coefficient (Wildman–Crippen LogP) is -0.914. The standard InChI is InChI=1S/C15H13.C5H5.2ClH.Zr/c1-10-3-5-14-12(7-10)9-13-8-11(2)4-6-15(13)14;1-2-4-5-3-1;;;/h3-7H,9H2,1-2H3;1-5H;2*1H;/q2*-1;;;+4/p-2. The summed E-state index contributed by atoms with van der Waals surface area (Å²) in [4.78, 5) is 0. The molecule has 0 aliphatic heterocycles. The smallest absolute Gasteiger partial charge is 1.00 e. The van der Waals surface area contributed by atoms with E-state index in [1.54, 1.807) is 0 Å². The molecule has 116 valence electrons. The van der Waals surface area contributed by atoms with E-state index in [1.807, 2.05) is 30.3 Å². The van der Waals surface area contributed by atoms with Gasteiger partial charge in [-0.3, -0.25) is 0 Å². The molecule has 4 rings (SSSR count). The second kappa shape index (κ2) is 10.2. The third-order valence-electron chi connectivity index (χ3n) is 3.65. The number of rotatable bonds is 0. The van der Waals surface area contributed by atoms with E-state index >= 15 is 0 Å². The number of fused-ring (bicyclic) bond motifs is 3. The van der Waals surface area contributed by atoms with Crippen LogP contribution in [0.25, 0.3) is 11.1 Å². The molecule has 0 atom stereocenters. The summed E-state index contributed by atoms with van der Waals surface area (Å²) in [7, 11) is 0. The molecule has 0 nitrogen and oxygen atoms in total. The molecule has 0 bridgehead atoms. The molecule has 1 aliphatic carbocycles. The SMILES string of the molecule is Cc1[c-]c2c(cc1)-c1ccc(C)cc1C2.[Cl-].[Cl-].[Zr+4].c1cc[cH-]c1. The van der Waals surface area contributed by atoms with Gasteiger partial charge < -0.3 is 24.8 Å². The van der Waals surface area contributed by atoms with Crippen LogP contribution in [0.2, 0.25) is 0 Å². The average molecular weight is 420 g/mol. The quantitative estimate of drug-likeness (QED) is 0.323. The van der Waals surface area contributed by atoms with Crippen LogP contribution >= 0.6 is 0 Å². The van der Waals surface area contributed by atoms with Crippen LogP contribution in [0.3, 0.4) is 0 Å². The number of hydrogen-bond donors (Lipinski definition) is 0. The van der Waals surface area contributed by atoms with Crippen LogP contribution in [-0.4, -0.2) is 0 Å². The van der Waals surface area contributed by atoms with Crippen LogP contribution < -0.4 is 24.8 Å². The Bertz CT molecular complexity index is 652. The van der Waals surface area contributed by atoms with Crippen molar-refractivity contribution in [3.63, 3.8) is 0 Å². The summed E-state index contributed by atoms with van der Waals surface area (Å²) in [5.41, 5.74) is 8.15. The van der Waals surface area contributed by atoms with E-state index in [-0.39, 0.29) is 51.0 Å². The fourth-order valence-electron chi connectivity index (χ4n) is 2.69. The second-order valence-corrected chi connectivity index (χ2v) is 5.33. The molecule has 0 aromatic heterocycles. The Kier molecular flexibility index (Phi) is 9.86. The van der Waals surface area contributed by atoms with Crippen LogP contribution in [0.5, 0.6) is 0 Å². The normalized spacial score (nSPS) is 9.83. The molecule has 0 saturated heterocycles. The van der Waals surface area contributed by atoms with Crippen molar-refractivity contribution in [2.75, 3.05) is 0 Å². The molecule has 0 unspecified atom stereocenters. The first kappa shape index (κ1) is 22.3. The molecule has 0 spiro atoms. The van der Waals surface area contributed by atoms with Crippen LogP contribution in [-0.2, 0) is 32.6 Å². The molecule has 0 saturated carbocycles. The summed E-state index contributed by atoms with van der Waals surface area (Å²) in [5.74, 6) is 0. The summed E-state index contributed by atoms with van der Waals surface area (Å²) in [6, 6.07) is 24.5. The zero-order chi connectivity index (χ0) is 13.9. The molecule has 23 heavy (non-hydrogen) atoms. The summed E-state index contributed by atoms with van der Waals surface area (Å²) >= 11 is 0. The Morgan fingerprint density at radius 1 is 0.913 bits per heavy atom. The zero-order valence-corrected chi connectivity index (χ0v) is 17.2. The Labute approximate surface area is 170 Å². The maximum Gasteiger partial charge on any atom is 4.00 e. The minimum absolute atomic E-state index is 0. The van der Waals surface area contributed by atoms with E-state index in [4.69, 9.17) is 0 Å². The summed E-state index contributed by atoms with van der Waals surface area (Å²) in [6.45, 7) is 4.26. The Morgan fingerprint density at radius 3 is 2.17 bits per heavy atom. The van der Waals surface area contributed by atoms with Crippen molar-refractivity contribution in [1.29, 1.82) is 0 Å². The van der Waals surface area contributed by atoms with Gasteiger partial charge in [-0.15, -0.1) is 11.1 Å². The minimum Gasteiger partial charge on any atom is -1.00 e. The van der Waals surface area contributed by atoms with Crippen molar-refractivity contribution in [3.8, 4) is 11.1 Å². The van der Waals surface area contributed by atoms with Crippen molar-refractivity contribution in [3.05, 3.63) is 89.0 Å². The van der Waals surface area contributed by atoms with Gasteiger partial charge in [0.25, 0.3) is 0 Å². The van der Waals surface area contributed by atoms with Gasteiger partial charge in [0.1, 0.15) is 0 Å².